The minimum atomic E-state index is -0.654. The molecule has 6 unspecified atom stereocenters. The maximum atomic E-state index is 12.4. The number of nitrogens with zero attached hydrogens (tertiary/aromatic N) is 12. The van der Waals surface area contributed by atoms with E-state index in [1.54, 1.807) is 7.11 Å². The van der Waals surface area contributed by atoms with E-state index < -0.39 is 29.6 Å². The largest absolute Gasteiger partial charge is 0.389 e. The summed E-state index contributed by atoms with van der Waals surface area (Å²) in [5.74, 6) is 2.42. The van der Waals surface area contributed by atoms with Gasteiger partial charge in [-0.25, -0.2) is 0 Å². The molecular weight excluding hydrogens is 1750 g/mol. The molecule has 0 saturated carbocycles. The van der Waals surface area contributed by atoms with Gasteiger partial charge in [0.2, 0.25) is 11.9 Å². The summed E-state index contributed by atoms with van der Waals surface area (Å²) in [6, 6.07) is 0.926. The number of nitrogens with one attached hydrogen (secondary N) is 4. The highest BCUT2D eigenvalue weighted by Crippen LogP contribution is 2.52. The summed E-state index contributed by atoms with van der Waals surface area (Å²) in [7, 11) is 1.77. The fourth-order valence-corrected chi connectivity index (χ4v) is 31.3. The molecule has 0 spiro atoms. The van der Waals surface area contributed by atoms with E-state index in [0.29, 0.717) is 84.4 Å². The highest BCUT2D eigenvalue weighted by Gasteiger charge is 2.59. The lowest BCUT2D eigenvalue weighted by molar-refractivity contribution is -0.281. The first kappa shape index (κ1) is 118. The van der Waals surface area contributed by atoms with Gasteiger partial charge in [-0.1, -0.05) is 53.4 Å². The van der Waals surface area contributed by atoms with Crippen molar-refractivity contribution in [1.82, 2.24) is 70.7 Å². The number of aromatic nitrogens is 3. The van der Waals surface area contributed by atoms with Crippen LogP contribution in [-0.2, 0) is 38.8 Å². The first-order valence-corrected chi connectivity index (χ1v) is 56.7. The molecule has 26 heteroatoms. The second-order valence-electron chi connectivity index (χ2n) is 56.7. The number of aliphatic hydroxyl groups excluding tert-OH is 3. The van der Waals surface area contributed by atoms with Gasteiger partial charge in [0.05, 0.1) is 101 Å². The minimum absolute atomic E-state index is 0.0271. The summed E-state index contributed by atoms with van der Waals surface area (Å²) in [4.78, 5) is 45.5. The Labute approximate surface area is 856 Å². The van der Waals surface area contributed by atoms with E-state index in [9.17, 15) is 15.3 Å². The van der Waals surface area contributed by atoms with Gasteiger partial charge >= 0.3 is 0 Å². The van der Waals surface area contributed by atoms with Crippen LogP contribution in [0.15, 0.2) is 0 Å². The predicted octanol–water partition coefficient (Wildman–Crippen LogP) is 18.5. The van der Waals surface area contributed by atoms with E-state index in [2.05, 4.69) is 315 Å². The maximum absolute atomic E-state index is 12.4. The molecule has 0 radical (unpaired) electrons. The van der Waals surface area contributed by atoms with Crippen LogP contribution < -0.4 is 31.1 Å². The van der Waals surface area contributed by atoms with Crippen molar-refractivity contribution in [3.05, 3.63) is 5.82 Å². The Hall–Kier alpha value is -2.23. The Morgan fingerprint density at radius 2 is 0.786 bits per heavy atom. The fraction of sp³-hybridized carbons (Fsp3) is 0.974. The summed E-state index contributed by atoms with van der Waals surface area (Å²) in [5.41, 5.74) is -3.20. The zero-order valence-corrected chi connectivity index (χ0v) is 97.1. The number of β-amino-alcohol motifs (C(OH)–C–C–N with tert-alkyl or cyclic N) is 3. The number of ether oxygens (including phenoxy) is 6. The Bertz CT molecular complexity index is 3900. The van der Waals surface area contributed by atoms with Crippen LogP contribution in [0.4, 0.5) is 11.9 Å². The summed E-state index contributed by atoms with van der Waals surface area (Å²) in [6.45, 7) is 95.2. The summed E-state index contributed by atoms with van der Waals surface area (Å²) < 4.78 is 40.8. The molecule has 0 amide bonds. The van der Waals surface area contributed by atoms with Gasteiger partial charge in [0.15, 0.2) is 5.82 Å². The molecule has 7 N–H and O–H groups in total. The Morgan fingerprint density at radius 3 is 1.19 bits per heavy atom. The molecule has 1 aromatic heterocycles. The standard InChI is InChI=1S/C114H218N16O10/c1-38-112(35,39-2)124(84-61-105(21,22)127(106(23,24)62-84)75-87(132)78-136-89-66-97(5,6)119-98(7,8)67-89)52-48-45-44-47-51-123(83-60-109(29,30)129-77-93(140-113(129,36)65-83)81-139-91-70-101(13,14)121-102(15,16)71-91)96-117-94(116-95(118-96)122-54-56-135-57-55-122)114(40-3,41-4)125(85-63-107(25,26)128(108(27,28)64-85)76-88(133)79-137-90-68-99(9,10)120-100(11,12)69-90)53-49-43-42-46-50-115-82-58-103(17,18)126(104(19,20)59-82)74-86(131)80-138-92-72-110(31,32)130(134-37)111(33,34)73-92/h82-93,115,119-121,131-133H,38-81H2,1-37H3. The molecular formula is C114H218N16O10. The molecule has 814 valence electrons. The predicted molar refractivity (Wildman–Crippen MR) is 575 cm³/mol. The van der Waals surface area contributed by atoms with E-state index >= 15 is 0 Å². The van der Waals surface area contributed by atoms with Crippen LogP contribution in [-0.4, -0.2) is 344 Å². The third kappa shape index (κ3) is 29.8. The molecule has 6 atom stereocenters. The Kier molecular flexibility index (Phi) is 38.2. The molecule has 10 fully saturated rings. The van der Waals surface area contributed by atoms with Crippen molar-refractivity contribution < 1.29 is 48.6 Å². The second kappa shape index (κ2) is 45.4. The molecule has 10 aliphatic rings. The van der Waals surface area contributed by atoms with Crippen LogP contribution >= 0.6 is 0 Å². The van der Waals surface area contributed by atoms with Gasteiger partial charge in [0.25, 0.3) is 0 Å². The zero-order valence-electron chi connectivity index (χ0n) is 97.1. The topological polar surface area (TPSA) is 241 Å². The van der Waals surface area contributed by atoms with Gasteiger partial charge in [-0.2, -0.15) is 20.0 Å². The van der Waals surface area contributed by atoms with E-state index in [1.807, 2.05) is 0 Å². The highest BCUT2D eigenvalue weighted by molar-refractivity contribution is 5.43. The number of hydrogen-bond donors (Lipinski definition) is 7. The lowest BCUT2D eigenvalue weighted by atomic mass is 9.74. The molecule has 0 bridgehead atoms. The van der Waals surface area contributed by atoms with Crippen LogP contribution in [0, 0.1) is 0 Å². The van der Waals surface area contributed by atoms with Gasteiger partial charge in [0.1, 0.15) is 5.72 Å². The van der Waals surface area contributed by atoms with Crippen LogP contribution in [0.5, 0.6) is 0 Å². The van der Waals surface area contributed by atoms with Gasteiger partial charge in [-0.3, -0.25) is 29.4 Å². The van der Waals surface area contributed by atoms with Gasteiger partial charge < -0.3 is 79.6 Å². The lowest BCUT2D eigenvalue weighted by Gasteiger charge is -2.60. The number of morpholine rings is 1. The van der Waals surface area contributed by atoms with Gasteiger partial charge in [-0.05, 0) is 389 Å². The molecule has 10 saturated heterocycles. The van der Waals surface area contributed by atoms with Gasteiger partial charge in [0, 0.05) is 165 Å². The van der Waals surface area contributed by atoms with E-state index in [0.717, 1.165) is 230 Å². The van der Waals surface area contributed by atoms with Gasteiger partial charge in [-0.15, -0.1) is 0 Å². The molecule has 140 heavy (non-hydrogen) atoms. The minimum Gasteiger partial charge on any atom is -0.389 e. The number of rotatable bonds is 46. The SMILES string of the molecule is CCC(C)(CC)N(CCCCCCN(c1nc(N2CCOCC2)nc(C(CC)(CC)N(CCCCCCNC2CC(C)(C)N(CC(O)COC3CC(C)(C)N(OC)C(C)(C)C3)C(C)(C)C2)C2CC(C)(C)N(CC(O)COC3CC(C)(C)NC(C)(C)C3)C(C)(C)C2)n1)C1CC(C)(C)N2CC(COC3CC(C)(C)NC(C)(C)C3)OC2(C)C1)C1CC(C)(C)N(CC(O)COC2CC(C)(C)NC(C)(C)C2)C(C)(C)C1. The van der Waals surface area contributed by atoms with Crippen molar-refractivity contribution in [3.8, 4) is 0 Å². The molecule has 1 aromatic rings. The van der Waals surface area contributed by atoms with Crippen molar-refractivity contribution in [2.45, 2.75) is 602 Å². The van der Waals surface area contributed by atoms with E-state index in [-0.39, 0.29) is 131 Å². The number of piperidine rings is 8. The first-order chi connectivity index (χ1) is 64.5. The Morgan fingerprint density at radius 1 is 0.414 bits per heavy atom. The molecule has 0 aromatic carbocycles. The smallest absolute Gasteiger partial charge is 0.230 e. The number of fused-ring (bicyclic) bond motifs is 1. The van der Waals surface area contributed by atoms with Crippen molar-refractivity contribution in [2.75, 3.05) is 122 Å². The fourth-order valence-electron chi connectivity index (χ4n) is 31.3. The molecule has 10 aliphatic heterocycles. The first-order valence-electron chi connectivity index (χ1n) is 56.7. The van der Waals surface area contributed by atoms with E-state index in [1.165, 1.54) is 0 Å². The Balaban J connectivity index is 0.867. The number of likely N-dealkylation sites (tertiary alicyclic amines) is 3. The zero-order chi connectivity index (χ0) is 104. The average Bonchev–Trinajstić information content (AvgIpc) is 1.50. The summed E-state index contributed by atoms with van der Waals surface area (Å²) in [6.07, 6.45) is 25.7. The van der Waals surface area contributed by atoms with Crippen molar-refractivity contribution in [3.63, 3.8) is 0 Å². The van der Waals surface area contributed by atoms with Crippen LogP contribution in [0.1, 0.15) is 435 Å². The summed E-state index contributed by atoms with van der Waals surface area (Å²) >= 11 is 0. The quantitative estimate of drug-likeness (QED) is 0.0300. The summed E-state index contributed by atoms with van der Waals surface area (Å²) in [5, 5.41) is 53.9. The number of aliphatic hydroxyl groups is 3. The highest BCUT2D eigenvalue weighted by atomic mass is 16.7. The van der Waals surface area contributed by atoms with Crippen molar-refractivity contribution in [2.24, 2.45) is 0 Å². The maximum Gasteiger partial charge on any atom is 0.230 e. The average molecular weight is 1970 g/mol. The molecule has 11 heterocycles. The van der Waals surface area contributed by atoms with Crippen molar-refractivity contribution in [1.29, 1.82) is 0 Å². The second-order valence-corrected chi connectivity index (χ2v) is 56.7. The molecule has 11 rings (SSSR count). The normalized spacial score (nSPS) is 28.8. The molecule has 0 aliphatic carbocycles. The third-order valence-electron chi connectivity index (χ3n) is 35.9. The number of hydrogen-bond acceptors (Lipinski definition) is 26. The lowest BCUT2D eigenvalue weighted by Crippen LogP contribution is -2.67. The number of unbranched alkanes of at least 4 members (excludes halogenated alkanes) is 6. The van der Waals surface area contributed by atoms with E-state index in [4.69, 9.17) is 48.2 Å². The molecule has 26 nitrogen and oxygen atoms in total. The van der Waals surface area contributed by atoms with Crippen LogP contribution in [0.3, 0.4) is 0 Å². The monoisotopic (exact) mass is 1970 g/mol. The van der Waals surface area contributed by atoms with Crippen LogP contribution in [0.25, 0.3) is 0 Å². The number of anilines is 2. The third-order valence-corrected chi connectivity index (χ3v) is 35.9. The van der Waals surface area contributed by atoms with Crippen molar-refractivity contribution >= 4 is 11.9 Å². The van der Waals surface area contributed by atoms with Crippen LogP contribution in [0.2, 0.25) is 0 Å². The number of hydroxylamine groups is 2.